The van der Waals surface area contributed by atoms with Crippen molar-refractivity contribution in [2.24, 2.45) is 4.99 Å². The Morgan fingerprint density at radius 2 is 2.00 bits per heavy atom. The minimum atomic E-state index is -3.24. The molecule has 0 aliphatic heterocycles. The molecular weight excluding hydrogens is 524 g/mol. The van der Waals surface area contributed by atoms with Crippen LogP contribution in [-0.4, -0.2) is 43.9 Å². The van der Waals surface area contributed by atoms with E-state index in [1.165, 1.54) is 18.2 Å². The topological polar surface area (TPSA) is 109 Å². The van der Waals surface area contributed by atoms with Gasteiger partial charge in [-0.25, -0.2) is 17.8 Å². The van der Waals surface area contributed by atoms with Gasteiger partial charge in [-0.15, -0.1) is 24.0 Å². The second-order valence-corrected chi connectivity index (χ2v) is 9.20. The molecule has 1 aromatic heterocycles. The average molecular weight is 553 g/mol. The first-order valence-electron chi connectivity index (χ1n) is 9.47. The zero-order chi connectivity index (χ0) is 21.4. The molecule has 0 saturated heterocycles. The van der Waals surface area contributed by atoms with Crippen LogP contribution >= 0.6 is 24.0 Å². The van der Waals surface area contributed by atoms with Crippen LogP contribution < -0.4 is 10.6 Å². The molecule has 1 heterocycles. The maximum Gasteiger partial charge on any atom is 0.228 e. The minimum absolute atomic E-state index is 0. The third-order valence-corrected chi connectivity index (χ3v) is 4.80. The van der Waals surface area contributed by atoms with E-state index in [0.717, 1.165) is 6.26 Å². The number of sulfone groups is 1. The molecule has 2 N–H and O–H groups in total. The molecule has 0 amide bonds. The summed E-state index contributed by atoms with van der Waals surface area (Å²) < 4.78 is 42.1. The van der Waals surface area contributed by atoms with Gasteiger partial charge >= 0.3 is 0 Å². The first-order chi connectivity index (χ1) is 13.7. The van der Waals surface area contributed by atoms with E-state index >= 15 is 0 Å². The van der Waals surface area contributed by atoms with Gasteiger partial charge in [0.25, 0.3) is 0 Å². The molecule has 0 aliphatic carbocycles. The molecular formula is C19H29FIN5O3S. The first-order valence-corrected chi connectivity index (χ1v) is 11.5. The van der Waals surface area contributed by atoms with Crippen LogP contribution in [0.2, 0.25) is 0 Å². The summed E-state index contributed by atoms with van der Waals surface area (Å²) in [5.74, 6) is 1.36. The summed E-state index contributed by atoms with van der Waals surface area (Å²) in [6.07, 6.45) is 1.68. The van der Waals surface area contributed by atoms with Gasteiger partial charge < -0.3 is 15.2 Å². The highest BCUT2D eigenvalue weighted by Gasteiger charge is 2.12. The van der Waals surface area contributed by atoms with E-state index in [1.807, 2.05) is 20.8 Å². The SMILES string of the molecule is CCNC(=NCc1cc(F)ccc1CS(C)(=O)=O)NCCc1nc(C(C)C)no1.I. The van der Waals surface area contributed by atoms with Crippen molar-refractivity contribution in [3.8, 4) is 0 Å². The number of hydrogen-bond acceptors (Lipinski definition) is 6. The van der Waals surface area contributed by atoms with Crippen LogP contribution in [0.5, 0.6) is 0 Å². The molecule has 2 aromatic rings. The number of aliphatic imine (C=N–C) groups is 1. The van der Waals surface area contributed by atoms with E-state index in [4.69, 9.17) is 4.52 Å². The van der Waals surface area contributed by atoms with E-state index in [2.05, 4.69) is 25.8 Å². The quantitative estimate of drug-likeness (QED) is 0.279. The van der Waals surface area contributed by atoms with Gasteiger partial charge in [0.2, 0.25) is 5.89 Å². The molecule has 0 fully saturated rings. The number of rotatable bonds is 9. The fourth-order valence-corrected chi connectivity index (χ4v) is 3.41. The Hall–Kier alpha value is -1.76. The number of halogens is 2. The van der Waals surface area contributed by atoms with Crippen molar-refractivity contribution in [1.82, 2.24) is 20.8 Å². The third-order valence-electron chi connectivity index (χ3n) is 3.97. The van der Waals surface area contributed by atoms with E-state index in [-0.39, 0.29) is 42.2 Å². The lowest BCUT2D eigenvalue weighted by atomic mass is 10.1. The van der Waals surface area contributed by atoms with Crippen molar-refractivity contribution in [3.63, 3.8) is 0 Å². The molecule has 8 nitrogen and oxygen atoms in total. The van der Waals surface area contributed by atoms with E-state index in [9.17, 15) is 12.8 Å². The summed E-state index contributed by atoms with van der Waals surface area (Å²) >= 11 is 0. The number of aromatic nitrogens is 2. The normalized spacial score (nSPS) is 12.0. The van der Waals surface area contributed by atoms with E-state index in [0.29, 0.717) is 48.3 Å². The van der Waals surface area contributed by atoms with Crippen molar-refractivity contribution in [2.45, 2.75) is 45.4 Å². The van der Waals surface area contributed by atoms with Gasteiger partial charge in [-0.2, -0.15) is 4.98 Å². The Labute approximate surface area is 194 Å². The molecule has 0 unspecified atom stereocenters. The fourth-order valence-electron chi connectivity index (χ4n) is 2.56. The molecule has 0 atom stereocenters. The molecule has 0 saturated carbocycles. The Morgan fingerprint density at radius 1 is 1.27 bits per heavy atom. The van der Waals surface area contributed by atoms with Gasteiger partial charge in [0, 0.05) is 31.7 Å². The standard InChI is InChI=1S/C19H28FN5O3S.HI/c1-5-21-19(22-9-8-17-24-18(13(2)3)25-28-17)23-11-15-10-16(20)7-6-14(15)12-29(4,26)27;/h6-7,10,13H,5,8-9,11-12H2,1-4H3,(H2,21,22,23);1H. The van der Waals surface area contributed by atoms with Crippen LogP contribution in [0.4, 0.5) is 4.39 Å². The van der Waals surface area contributed by atoms with Gasteiger partial charge in [0.05, 0.1) is 12.3 Å². The summed E-state index contributed by atoms with van der Waals surface area (Å²) in [5, 5.41) is 10.2. The van der Waals surface area contributed by atoms with Crippen molar-refractivity contribution in [1.29, 1.82) is 0 Å². The van der Waals surface area contributed by atoms with Gasteiger partial charge in [-0.05, 0) is 30.2 Å². The third kappa shape index (κ3) is 8.94. The Balaban J connectivity index is 0.00000450. The molecule has 0 spiro atoms. The zero-order valence-corrected chi connectivity index (χ0v) is 20.8. The van der Waals surface area contributed by atoms with Gasteiger partial charge in [-0.3, -0.25) is 0 Å². The number of hydrogen-bond donors (Lipinski definition) is 2. The van der Waals surface area contributed by atoms with Crippen LogP contribution in [0.25, 0.3) is 0 Å². The van der Waals surface area contributed by atoms with Crippen molar-refractivity contribution in [2.75, 3.05) is 19.3 Å². The number of guanidine groups is 1. The van der Waals surface area contributed by atoms with Gasteiger partial charge in [0.1, 0.15) is 5.82 Å². The molecule has 11 heteroatoms. The number of benzene rings is 1. The predicted molar refractivity (Wildman–Crippen MR) is 125 cm³/mol. The maximum absolute atomic E-state index is 13.6. The van der Waals surface area contributed by atoms with Crippen LogP contribution in [-0.2, 0) is 28.6 Å². The van der Waals surface area contributed by atoms with Crippen LogP contribution in [0.3, 0.4) is 0 Å². The lowest BCUT2D eigenvalue weighted by molar-refractivity contribution is 0.371. The number of nitrogens with zero attached hydrogens (tertiary/aromatic N) is 3. The molecule has 168 valence electrons. The molecule has 0 bridgehead atoms. The van der Waals surface area contributed by atoms with Crippen molar-refractivity contribution in [3.05, 3.63) is 46.9 Å². The van der Waals surface area contributed by atoms with Gasteiger partial charge in [-0.1, -0.05) is 25.1 Å². The highest BCUT2D eigenvalue weighted by Crippen LogP contribution is 2.15. The zero-order valence-electron chi connectivity index (χ0n) is 17.6. The lowest BCUT2D eigenvalue weighted by Gasteiger charge is -2.12. The summed E-state index contributed by atoms with van der Waals surface area (Å²) in [4.78, 5) is 8.77. The van der Waals surface area contributed by atoms with Crippen LogP contribution in [0.1, 0.15) is 49.5 Å². The highest BCUT2D eigenvalue weighted by molar-refractivity contribution is 14.0. The monoisotopic (exact) mass is 553 g/mol. The second kappa shape index (κ2) is 12.2. The molecule has 0 aliphatic rings. The molecule has 30 heavy (non-hydrogen) atoms. The Kier molecular flexibility index (Phi) is 10.7. The summed E-state index contributed by atoms with van der Waals surface area (Å²) in [5.41, 5.74) is 1.08. The van der Waals surface area contributed by atoms with E-state index < -0.39 is 15.7 Å². The smallest absolute Gasteiger partial charge is 0.228 e. The van der Waals surface area contributed by atoms with Crippen LogP contribution in [0.15, 0.2) is 27.7 Å². The fraction of sp³-hybridized carbons (Fsp3) is 0.526. The van der Waals surface area contributed by atoms with Crippen molar-refractivity contribution < 1.29 is 17.3 Å². The predicted octanol–water partition coefficient (Wildman–Crippen LogP) is 2.79. The first kappa shape index (κ1) is 26.3. The number of nitrogens with one attached hydrogen (secondary N) is 2. The second-order valence-electron chi connectivity index (χ2n) is 7.06. The summed E-state index contributed by atoms with van der Waals surface area (Å²) in [6, 6.07) is 4.07. The van der Waals surface area contributed by atoms with E-state index in [1.54, 1.807) is 0 Å². The summed E-state index contributed by atoms with van der Waals surface area (Å²) in [7, 11) is -3.24. The Morgan fingerprint density at radius 3 is 2.60 bits per heavy atom. The Bertz CT molecular complexity index is 947. The minimum Gasteiger partial charge on any atom is -0.357 e. The largest absolute Gasteiger partial charge is 0.357 e. The highest BCUT2D eigenvalue weighted by atomic mass is 127. The average Bonchev–Trinajstić information content (AvgIpc) is 3.10. The lowest BCUT2D eigenvalue weighted by Crippen LogP contribution is -2.38. The van der Waals surface area contributed by atoms with Crippen molar-refractivity contribution >= 4 is 39.8 Å². The molecule has 1 aromatic carbocycles. The molecule has 0 radical (unpaired) electrons. The maximum atomic E-state index is 13.6. The molecule has 2 rings (SSSR count). The summed E-state index contributed by atoms with van der Waals surface area (Å²) in [6.45, 7) is 7.23. The van der Waals surface area contributed by atoms with Crippen LogP contribution in [0, 0.1) is 5.82 Å². The van der Waals surface area contributed by atoms with Gasteiger partial charge in [0.15, 0.2) is 21.6 Å².